The van der Waals surface area contributed by atoms with E-state index in [1.165, 1.54) is 11.3 Å². The van der Waals surface area contributed by atoms with E-state index in [9.17, 15) is 4.79 Å². The van der Waals surface area contributed by atoms with Crippen LogP contribution in [0.2, 0.25) is 0 Å². The standard InChI is InChI=1S/C10H12OS/c1-7(2)8(3)10(11)9-5-4-6-12-9/h4-6H,1-3H3. The van der Waals surface area contributed by atoms with Crippen LogP contribution in [0.4, 0.5) is 0 Å². The largest absolute Gasteiger partial charge is 0.288 e. The molecule has 0 bridgehead atoms. The van der Waals surface area contributed by atoms with Crippen molar-refractivity contribution in [1.82, 2.24) is 0 Å². The second-order valence-electron chi connectivity index (χ2n) is 2.93. The van der Waals surface area contributed by atoms with Gasteiger partial charge in [-0.05, 0) is 37.8 Å². The second-order valence-corrected chi connectivity index (χ2v) is 3.88. The number of hydrogen-bond acceptors (Lipinski definition) is 2. The van der Waals surface area contributed by atoms with Crippen molar-refractivity contribution < 1.29 is 4.79 Å². The number of ketones is 1. The summed E-state index contributed by atoms with van der Waals surface area (Å²) in [4.78, 5) is 12.4. The zero-order chi connectivity index (χ0) is 9.14. The molecular formula is C10H12OS. The van der Waals surface area contributed by atoms with Crippen LogP contribution in [0.25, 0.3) is 0 Å². The SMILES string of the molecule is CC(C)=C(C)C(=O)c1cccs1. The molecule has 0 aliphatic rings. The Labute approximate surface area is 76.7 Å². The van der Waals surface area contributed by atoms with Gasteiger partial charge in [0.1, 0.15) is 0 Å². The van der Waals surface area contributed by atoms with Crippen LogP contribution in [-0.2, 0) is 0 Å². The summed E-state index contributed by atoms with van der Waals surface area (Å²) in [5.41, 5.74) is 1.95. The van der Waals surface area contributed by atoms with Gasteiger partial charge >= 0.3 is 0 Å². The lowest BCUT2D eigenvalue weighted by Gasteiger charge is -1.99. The fourth-order valence-electron chi connectivity index (χ4n) is 0.820. The monoisotopic (exact) mass is 180 g/mol. The van der Waals surface area contributed by atoms with Gasteiger partial charge in [0.15, 0.2) is 5.78 Å². The maximum absolute atomic E-state index is 11.6. The predicted octanol–water partition coefficient (Wildman–Crippen LogP) is 3.29. The van der Waals surface area contributed by atoms with Crippen LogP contribution in [0.1, 0.15) is 30.4 Å². The van der Waals surface area contributed by atoms with E-state index in [1.807, 2.05) is 38.3 Å². The topological polar surface area (TPSA) is 17.1 Å². The van der Waals surface area contributed by atoms with Gasteiger partial charge < -0.3 is 0 Å². The van der Waals surface area contributed by atoms with Crippen molar-refractivity contribution in [2.45, 2.75) is 20.8 Å². The van der Waals surface area contributed by atoms with Crippen LogP contribution >= 0.6 is 11.3 Å². The zero-order valence-corrected chi connectivity index (χ0v) is 8.37. The third-order valence-electron chi connectivity index (χ3n) is 1.84. The molecule has 12 heavy (non-hydrogen) atoms. The minimum atomic E-state index is 0.157. The fourth-order valence-corrected chi connectivity index (χ4v) is 1.54. The van der Waals surface area contributed by atoms with Crippen LogP contribution < -0.4 is 0 Å². The predicted molar refractivity (Wildman–Crippen MR) is 52.7 cm³/mol. The van der Waals surface area contributed by atoms with Crippen LogP contribution in [0.3, 0.4) is 0 Å². The Morgan fingerprint density at radius 2 is 2.00 bits per heavy atom. The number of thiophene rings is 1. The number of carbonyl (C=O) groups excluding carboxylic acids is 1. The fraction of sp³-hybridized carbons (Fsp3) is 0.300. The Balaban J connectivity index is 2.95. The van der Waals surface area contributed by atoms with E-state index in [0.717, 1.165) is 16.0 Å². The lowest BCUT2D eigenvalue weighted by atomic mass is 10.1. The van der Waals surface area contributed by atoms with Crippen molar-refractivity contribution in [3.63, 3.8) is 0 Å². The minimum Gasteiger partial charge on any atom is -0.288 e. The summed E-state index contributed by atoms with van der Waals surface area (Å²) in [6.45, 7) is 5.79. The third-order valence-corrected chi connectivity index (χ3v) is 2.70. The van der Waals surface area contributed by atoms with E-state index in [-0.39, 0.29) is 5.78 Å². The van der Waals surface area contributed by atoms with Gasteiger partial charge in [-0.3, -0.25) is 4.79 Å². The second kappa shape index (κ2) is 3.68. The summed E-state index contributed by atoms with van der Waals surface area (Å²) < 4.78 is 0. The molecule has 0 fully saturated rings. The highest BCUT2D eigenvalue weighted by Crippen LogP contribution is 2.15. The van der Waals surface area contributed by atoms with Crippen molar-refractivity contribution in [3.8, 4) is 0 Å². The molecule has 0 unspecified atom stereocenters. The maximum atomic E-state index is 11.6. The van der Waals surface area contributed by atoms with Crippen LogP contribution in [0.15, 0.2) is 28.7 Å². The molecule has 0 amide bonds. The average Bonchev–Trinajstić information content (AvgIpc) is 2.53. The lowest BCUT2D eigenvalue weighted by Crippen LogP contribution is -1.98. The molecule has 0 saturated heterocycles. The van der Waals surface area contributed by atoms with E-state index < -0.39 is 0 Å². The molecule has 1 heterocycles. The number of allylic oxidation sites excluding steroid dienone is 2. The van der Waals surface area contributed by atoms with Crippen molar-refractivity contribution in [2.75, 3.05) is 0 Å². The van der Waals surface area contributed by atoms with Crippen molar-refractivity contribution >= 4 is 17.1 Å². The zero-order valence-electron chi connectivity index (χ0n) is 7.55. The molecule has 0 aliphatic carbocycles. The smallest absolute Gasteiger partial charge is 0.198 e. The van der Waals surface area contributed by atoms with Gasteiger partial charge in [-0.2, -0.15) is 0 Å². The molecule has 0 aliphatic heterocycles. The summed E-state index contributed by atoms with van der Waals surface area (Å²) in [7, 11) is 0. The first-order valence-electron chi connectivity index (χ1n) is 3.85. The summed E-state index contributed by atoms with van der Waals surface area (Å²) in [6, 6.07) is 3.76. The Kier molecular flexibility index (Phi) is 2.82. The van der Waals surface area contributed by atoms with E-state index >= 15 is 0 Å². The van der Waals surface area contributed by atoms with Crippen molar-refractivity contribution in [2.24, 2.45) is 0 Å². The maximum Gasteiger partial charge on any atom is 0.198 e. The van der Waals surface area contributed by atoms with Crippen LogP contribution in [-0.4, -0.2) is 5.78 Å². The molecule has 0 atom stereocenters. The molecule has 1 nitrogen and oxygen atoms in total. The van der Waals surface area contributed by atoms with Gasteiger partial charge in [-0.25, -0.2) is 0 Å². The van der Waals surface area contributed by atoms with Gasteiger partial charge in [0.25, 0.3) is 0 Å². The number of rotatable bonds is 2. The Morgan fingerprint density at radius 1 is 1.33 bits per heavy atom. The summed E-state index contributed by atoms with van der Waals surface area (Å²) >= 11 is 1.49. The summed E-state index contributed by atoms with van der Waals surface area (Å²) in [5.74, 6) is 0.157. The summed E-state index contributed by atoms with van der Waals surface area (Å²) in [6.07, 6.45) is 0. The van der Waals surface area contributed by atoms with Crippen molar-refractivity contribution in [3.05, 3.63) is 33.5 Å². The molecule has 2 heteroatoms. The van der Waals surface area contributed by atoms with Crippen LogP contribution in [0, 0.1) is 0 Å². The van der Waals surface area contributed by atoms with E-state index in [0.29, 0.717) is 0 Å². The third kappa shape index (κ3) is 1.83. The van der Waals surface area contributed by atoms with Gasteiger partial charge in [0.05, 0.1) is 4.88 Å². The molecule has 0 radical (unpaired) electrons. The molecule has 1 aromatic heterocycles. The first-order valence-corrected chi connectivity index (χ1v) is 4.73. The lowest BCUT2D eigenvalue weighted by molar-refractivity contribution is 0.103. The average molecular weight is 180 g/mol. The van der Waals surface area contributed by atoms with Gasteiger partial charge in [0.2, 0.25) is 0 Å². The van der Waals surface area contributed by atoms with Gasteiger partial charge in [-0.15, -0.1) is 11.3 Å². The van der Waals surface area contributed by atoms with Crippen molar-refractivity contribution in [1.29, 1.82) is 0 Å². The van der Waals surface area contributed by atoms with E-state index in [2.05, 4.69) is 0 Å². The molecule has 64 valence electrons. The Bertz CT molecular complexity index is 303. The number of carbonyl (C=O) groups is 1. The molecule has 0 saturated carbocycles. The van der Waals surface area contributed by atoms with Crippen LogP contribution in [0.5, 0.6) is 0 Å². The van der Waals surface area contributed by atoms with E-state index in [1.54, 1.807) is 0 Å². The highest BCUT2D eigenvalue weighted by atomic mass is 32.1. The summed E-state index contributed by atoms with van der Waals surface area (Å²) in [5, 5.41) is 1.92. The quantitative estimate of drug-likeness (QED) is 0.504. The Morgan fingerprint density at radius 3 is 2.42 bits per heavy atom. The molecular weight excluding hydrogens is 168 g/mol. The molecule has 0 aromatic carbocycles. The Hall–Kier alpha value is -0.890. The first kappa shape index (κ1) is 9.20. The number of hydrogen-bond donors (Lipinski definition) is 0. The van der Waals surface area contributed by atoms with Gasteiger partial charge in [-0.1, -0.05) is 11.6 Å². The van der Waals surface area contributed by atoms with E-state index in [4.69, 9.17) is 0 Å². The van der Waals surface area contributed by atoms with Gasteiger partial charge in [0, 0.05) is 0 Å². The molecule has 1 aromatic rings. The molecule has 0 spiro atoms. The first-order chi connectivity index (χ1) is 5.63. The highest BCUT2D eigenvalue weighted by molar-refractivity contribution is 7.12. The highest BCUT2D eigenvalue weighted by Gasteiger charge is 2.09. The molecule has 0 N–H and O–H groups in total. The number of Topliss-reactive ketones (excluding diaryl/α,β-unsaturated/α-hetero) is 1. The normalized spacial score (nSPS) is 9.58. The molecule has 1 rings (SSSR count). The minimum absolute atomic E-state index is 0.157.